The summed E-state index contributed by atoms with van der Waals surface area (Å²) in [4.78, 5) is 38.5. The Hall–Kier alpha value is -1.45. The van der Waals surface area contributed by atoms with Gasteiger partial charge in [-0.2, -0.15) is 0 Å². The number of Topliss-reactive ketones (excluding diaryl/α,β-unsaturated/α-hetero) is 1. The molecule has 4 saturated carbocycles. The second-order valence-corrected chi connectivity index (χ2v) is 14.4. The number of hydrogen-bond acceptors (Lipinski definition) is 4. The zero-order valence-corrected chi connectivity index (χ0v) is 23.0. The van der Waals surface area contributed by atoms with Gasteiger partial charge in [0.15, 0.2) is 0 Å². The number of carbonyl (C=O) groups is 3. The minimum absolute atomic E-state index is 0.00154. The summed E-state index contributed by atoms with van der Waals surface area (Å²) in [5.41, 5.74) is 0.785. The molecule has 0 bridgehead atoms. The van der Waals surface area contributed by atoms with Gasteiger partial charge in [-0.1, -0.05) is 53.2 Å². The van der Waals surface area contributed by atoms with Gasteiger partial charge < -0.3 is 9.53 Å². The van der Waals surface area contributed by atoms with E-state index in [-0.39, 0.29) is 39.3 Å². The van der Waals surface area contributed by atoms with Gasteiger partial charge in [0.1, 0.15) is 12.1 Å². The summed E-state index contributed by atoms with van der Waals surface area (Å²) < 4.78 is 5.44. The van der Waals surface area contributed by atoms with Gasteiger partial charge in [-0.25, -0.2) is 0 Å². The first-order valence-corrected chi connectivity index (χ1v) is 14.1. The van der Waals surface area contributed by atoms with Gasteiger partial charge in [-0.15, -0.1) is 0 Å². The molecule has 0 radical (unpaired) electrons. The van der Waals surface area contributed by atoms with Crippen LogP contribution in [0.25, 0.3) is 0 Å². The van der Waals surface area contributed by atoms with E-state index >= 15 is 0 Å². The molecule has 0 aliphatic heterocycles. The molecule has 5 aliphatic rings. The maximum absolute atomic E-state index is 13.3. The van der Waals surface area contributed by atoms with E-state index in [1.165, 1.54) is 5.57 Å². The SMILES string of the molecule is COC(=O)C12CC[C@H](C)CC1C1=CCC3C4(C)CC(C=O)C(=O)C(C)(C)C4CC[C@@]3(C)[C@]1(C)CC2. The van der Waals surface area contributed by atoms with E-state index in [2.05, 4.69) is 47.6 Å². The highest BCUT2D eigenvalue weighted by molar-refractivity contribution is 5.98. The van der Waals surface area contributed by atoms with E-state index in [4.69, 9.17) is 4.74 Å². The number of carbonyl (C=O) groups excluding carboxylic acids is 3. The monoisotopic (exact) mass is 482 g/mol. The van der Waals surface area contributed by atoms with Crippen molar-refractivity contribution in [3.05, 3.63) is 11.6 Å². The Kier molecular flexibility index (Phi) is 5.60. The van der Waals surface area contributed by atoms with E-state index in [0.29, 0.717) is 24.2 Å². The maximum atomic E-state index is 13.3. The quantitative estimate of drug-likeness (QED) is 0.193. The Balaban J connectivity index is 1.61. The van der Waals surface area contributed by atoms with Crippen molar-refractivity contribution >= 4 is 18.0 Å². The van der Waals surface area contributed by atoms with Gasteiger partial charge in [0, 0.05) is 5.41 Å². The van der Waals surface area contributed by atoms with Crippen LogP contribution in [0, 0.1) is 56.7 Å². The molecular formula is C31H46O4. The number of aldehydes is 1. The molecule has 0 N–H and O–H groups in total. The summed E-state index contributed by atoms with van der Waals surface area (Å²) in [6, 6.07) is 0. The number of allylic oxidation sites excluding steroid dienone is 2. The Morgan fingerprint density at radius 2 is 1.74 bits per heavy atom. The highest BCUT2D eigenvalue weighted by Crippen LogP contribution is 2.75. The fourth-order valence-electron chi connectivity index (χ4n) is 10.8. The highest BCUT2D eigenvalue weighted by atomic mass is 16.5. The van der Waals surface area contributed by atoms with E-state index in [1.807, 2.05) is 0 Å². The molecule has 0 amide bonds. The predicted molar refractivity (Wildman–Crippen MR) is 136 cm³/mol. The topological polar surface area (TPSA) is 60.4 Å². The van der Waals surface area contributed by atoms with Crippen LogP contribution in [0.3, 0.4) is 0 Å². The van der Waals surface area contributed by atoms with Crippen molar-refractivity contribution in [1.82, 2.24) is 0 Å². The van der Waals surface area contributed by atoms with Crippen LogP contribution in [0.1, 0.15) is 99.3 Å². The molecule has 4 heteroatoms. The fraction of sp³-hybridized carbons (Fsp3) is 0.839. The molecule has 0 aromatic heterocycles. The third kappa shape index (κ3) is 3.00. The number of hydrogen-bond donors (Lipinski definition) is 0. The Morgan fingerprint density at radius 1 is 1.03 bits per heavy atom. The molecule has 0 aromatic rings. The lowest BCUT2D eigenvalue weighted by Crippen LogP contribution is -2.65. The van der Waals surface area contributed by atoms with E-state index in [0.717, 1.165) is 57.7 Å². The van der Waals surface area contributed by atoms with Gasteiger partial charge >= 0.3 is 5.97 Å². The van der Waals surface area contributed by atoms with Crippen LogP contribution in [-0.2, 0) is 19.1 Å². The van der Waals surface area contributed by atoms with Crippen molar-refractivity contribution in [3.63, 3.8) is 0 Å². The molecule has 4 nitrogen and oxygen atoms in total. The number of ketones is 1. The first-order chi connectivity index (χ1) is 16.3. The Bertz CT molecular complexity index is 978. The lowest BCUT2D eigenvalue weighted by Gasteiger charge is -2.70. The fourth-order valence-corrected chi connectivity index (χ4v) is 10.8. The standard InChI is InChI=1S/C31H46O4/c1-19-10-13-31(26(34)35-7)15-14-29(5)21(22(31)16-19)8-9-24-28(4)17-20(18-32)25(33)27(2,3)23(28)11-12-30(24,29)6/h8,18-20,22-24H,9-17H2,1-7H3/t19-,20?,22?,23?,24?,28?,29+,30+,31?/m0/s1. The first-order valence-electron chi connectivity index (χ1n) is 14.1. The number of methoxy groups -OCH3 is 1. The van der Waals surface area contributed by atoms with Crippen LogP contribution in [-0.4, -0.2) is 25.1 Å². The molecule has 0 saturated heterocycles. The molecular weight excluding hydrogens is 436 g/mol. The highest BCUT2D eigenvalue weighted by Gasteiger charge is 2.69. The summed E-state index contributed by atoms with van der Waals surface area (Å²) in [5.74, 6) is 1.30. The molecule has 35 heavy (non-hydrogen) atoms. The molecule has 0 spiro atoms. The van der Waals surface area contributed by atoms with Crippen LogP contribution in [0.4, 0.5) is 0 Å². The number of fused-ring (bicyclic) bond motifs is 7. The molecule has 6 unspecified atom stereocenters. The molecule has 5 aliphatic carbocycles. The van der Waals surface area contributed by atoms with Gasteiger partial charge in [0.25, 0.3) is 0 Å². The average Bonchev–Trinajstić information content (AvgIpc) is 2.81. The third-order valence-corrected chi connectivity index (χ3v) is 12.9. The molecule has 0 heterocycles. The third-order valence-electron chi connectivity index (χ3n) is 12.9. The smallest absolute Gasteiger partial charge is 0.312 e. The zero-order valence-electron chi connectivity index (χ0n) is 23.0. The average molecular weight is 483 g/mol. The molecule has 194 valence electrons. The number of rotatable bonds is 2. The molecule has 5 rings (SSSR count). The van der Waals surface area contributed by atoms with Crippen molar-refractivity contribution < 1.29 is 19.1 Å². The Morgan fingerprint density at radius 3 is 2.40 bits per heavy atom. The van der Waals surface area contributed by atoms with E-state index < -0.39 is 11.3 Å². The second kappa shape index (κ2) is 7.78. The largest absolute Gasteiger partial charge is 0.469 e. The normalized spacial score (nSPS) is 50.5. The number of ether oxygens (including phenoxy) is 1. The first kappa shape index (κ1) is 25.2. The van der Waals surface area contributed by atoms with Crippen molar-refractivity contribution in [2.45, 2.75) is 99.3 Å². The summed E-state index contributed by atoms with van der Waals surface area (Å²) in [6.45, 7) is 13.9. The van der Waals surface area contributed by atoms with Gasteiger partial charge in [-0.3, -0.25) is 9.59 Å². The minimum Gasteiger partial charge on any atom is -0.469 e. The number of esters is 1. The Labute approximate surface area is 212 Å². The van der Waals surface area contributed by atoms with Crippen LogP contribution in [0.2, 0.25) is 0 Å². The summed E-state index contributed by atoms with van der Waals surface area (Å²) in [5, 5.41) is 0. The van der Waals surface area contributed by atoms with Gasteiger partial charge in [-0.05, 0) is 97.7 Å². The van der Waals surface area contributed by atoms with Crippen molar-refractivity contribution in [2.75, 3.05) is 7.11 Å². The lowest BCUT2D eigenvalue weighted by molar-refractivity contribution is -0.194. The van der Waals surface area contributed by atoms with Crippen molar-refractivity contribution in [2.24, 2.45) is 56.7 Å². The minimum atomic E-state index is -0.482. The molecule has 0 aromatic carbocycles. The van der Waals surface area contributed by atoms with Gasteiger partial charge in [0.2, 0.25) is 0 Å². The maximum Gasteiger partial charge on any atom is 0.312 e. The van der Waals surface area contributed by atoms with Crippen molar-refractivity contribution in [1.29, 1.82) is 0 Å². The van der Waals surface area contributed by atoms with Gasteiger partial charge in [0.05, 0.1) is 18.4 Å². The second-order valence-electron chi connectivity index (χ2n) is 14.4. The van der Waals surface area contributed by atoms with Crippen LogP contribution >= 0.6 is 0 Å². The van der Waals surface area contributed by atoms with Crippen LogP contribution < -0.4 is 0 Å². The molecule has 4 fully saturated rings. The van der Waals surface area contributed by atoms with E-state index in [1.54, 1.807) is 7.11 Å². The summed E-state index contributed by atoms with van der Waals surface area (Å²) >= 11 is 0. The summed E-state index contributed by atoms with van der Waals surface area (Å²) in [6.07, 6.45) is 12.3. The zero-order chi connectivity index (χ0) is 25.6. The lowest BCUT2D eigenvalue weighted by atomic mass is 9.33. The van der Waals surface area contributed by atoms with Crippen molar-refractivity contribution in [3.8, 4) is 0 Å². The molecule has 9 atom stereocenters. The summed E-state index contributed by atoms with van der Waals surface area (Å²) in [7, 11) is 1.56. The van der Waals surface area contributed by atoms with Crippen LogP contribution in [0.5, 0.6) is 0 Å². The predicted octanol–water partition coefficient (Wildman–Crippen LogP) is 6.57. The van der Waals surface area contributed by atoms with E-state index in [9.17, 15) is 14.4 Å². The van der Waals surface area contributed by atoms with Crippen LogP contribution in [0.15, 0.2) is 11.6 Å².